The van der Waals surface area contributed by atoms with Crippen molar-refractivity contribution in [1.29, 1.82) is 5.26 Å². The molecule has 1 amide bonds. The molecule has 8 heteroatoms. The number of hydrogen-bond acceptors (Lipinski definition) is 4. The number of aromatic nitrogens is 2. The molecule has 1 aromatic heterocycles. The fourth-order valence-corrected chi connectivity index (χ4v) is 2.99. The van der Waals surface area contributed by atoms with E-state index in [9.17, 15) is 13.6 Å². The van der Waals surface area contributed by atoms with Gasteiger partial charge in [0.2, 0.25) is 5.91 Å². The zero-order valence-corrected chi connectivity index (χ0v) is 14.3. The summed E-state index contributed by atoms with van der Waals surface area (Å²) in [5, 5.41) is 11.2. The summed E-state index contributed by atoms with van der Waals surface area (Å²) >= 11 is 1.22. The van der Waals surface area contributed by atoms with E-state index in [1.165, 1.54) is 11.8 Å². The number of anilines is 1. The van der Waals surface area contributed by atoms with Crippen molar-refractivity contribution < 1.29 is 13.6 Å². The summed E-state index contributed by atoms with van der Waals surface area (Å²) in [5.41, 5.74) is 1.94. The Morgan fingerprint density at radius 3 is 2.65 bits per heavy atom. The number of carbonyl (C=O) groups is 1. The zero-order chi connectivity index (χ0) is 18.5. The van der Waals surface area contributed by atoms with Crippen LogP contribution >= 0.6 is 11.8 Å². The predicted molar refractivity (Wildman–Crippen MR) is 98.0 cm³/mol. The highest BCUT2D eigenvalue weighted by Crippen LogP contribution is 2.30. The second kappa shape index (κ2) is 7.97. The third-order valence-corrected chi connectivity index (χ3v) is 4.42. The van der Waals surface area contributed by atoms with Crippen LogP contribution in [0.5, 0.6) is 0 Å². The summed E-state index contributed by atoms with van der Waals surface area (Å²) in [4.78, 5) is 16.1. The molecule has 0 bridgehead atoms. The van der Waals surface area contributed by atoms with Gasteiger partial charge in [0, 0.05) is 11.3 Å². The Kier molecular flexibility index (Phi) is 5.49. The number of alkyl halides is 2. The predicted octanol–water partition coefficient (Wildman–Crippen LogP) is 4.29. The number of imidazole rings is 1. The van der Waals surface area contributed by atoms with E-state index in [4.69, 9.17) is 5.26 Å². The molecule has 26 heavy (non-hydrogen) atoms. The number of nitrogens with zero attached hydrogens (tertiary/aromatic N) is 3. The molecule has 0 aliphatic carbocycles. The van der Waals surface area contributed by atoms with Crippen molar-refractivity contribution in [3.8, 4) is 17.5 Å². The van der Waals surface area contributed by atoms with Crippen LogP contribution in [-0.2, 0) is 4.79 Å². The maximum atomic E-state index is 13.5. The molecule has 132 valence electrons. The van der Waals surface area contributed by atoms with Gasteiger partial charge >= 0.3 is 6.55 Å². The number of carbonyl (C=O) groups excluding carboxylic acids is 1. The summed E-state index contributed by atoms with van der Waals surface area (Å²) in [7, 11) is 0. The van der Waals surface area contributed by atoms with Gasteiger partial charge in [0.05, 0.1) is 28.6 Å². The molecule has 3 rings (SSSR count). The monoisotopic (exact) mass is 372 g/mol. The van der Waals surface area contributed by atoms with Crippen LogP contribution in [-0.4, -0.2) is 27.0 Å². The lowest BCUT2D eigenvalue weighted by Gasteiger charge is -2.09. The van der Waals surface area contributed by atoms with Gasteiger partial charge in [-0.25, -0.2) is 4.98 Å². The van der Waals surface area contributed by atoms with E-state index in [0.717, 1.165) is 4.57 Å². The van der Waals surface area contributed by atoms with E-state index in [2.05, 4.69) is 10.3 Å². The van der Waals surface area contributed by atoms with Gasteiger partial charge in [0.15, 0.2) is 0 Å². The largest absolute Gasteiger partial charge is 0.325 e. The molecule has 1 N–H and O–H groups in total. The minimum Gasteiger partial charge on any atom is -0.325 e. The standard InChI is InChI=1S/C18H14F2N4OS/c19-18(20)24-15-4-2-1-3-14(15)23-17(24)12-5-7-13(8-6-12)22-16(25)11-26-10-9-21/h1-8,18H,10-11H2,(H,22,25). The van der Waals surface area contributed by atoms with Crippen molar-refractivity contribution in [3.05, 3.63) is 48.5 Å². The van der Waals surface area contributed by atoms with Crippen LogP contribution in [0, 0.1) is 11.3 Å². The van der Waals surface area contributed by atoms with Gasteiger partial charge in [-0.3, -0.25) is 9.36 Å². The topological polar surface area (TPSA) is 70.7 Å². The highest BCUT2D eigenvalue weighted by molar-refractivity contribution is 8.00. The van der Waals surface area contributed by atoms with Gasteiger partial charge in [-0.2, -0.15) is 14.0 Å². The van der Waals surface area contributed by atoms with Gasteiger partial charge < -0.3 is 5.32 Å². The molecule has 0 spiro atoms. The lowest BCUT2D eigenvalue weighted by Crippen LogP contribution is -2.14. The Morgan fingerprint density at radius 1 is 1.23 bits per heavy atom. The number of thioether (sulfide) groups is 1. The molecular formula is C18H14F2N4OS. The summed E-state index contributed by atoms with van der Waals surface area (Å²) < 4.78 is 27.9. The average Bonchev–Trinajstić information content (AvgIpc) is 3.02. The smallest absolute Gasteiger partial charge is 0.320 e. The van der Waals surface area contributed by atoms with E-state index in [1.807, 2.05) is 6.07 Å². The van der Waals surface area contributed by atoms with Crippen molar-refractivity contribution in [2.75, 3.05) is 16.8 Å². The van der Waals surface area contributed by atoms with Crippen LogP contribution in [0.4, 0.5) is 14.5 Å². The molecule has 0 saturated heterocycles. The molecule has 0 radical (unpaired) electrons. The summed E-state index contributed by atoms with van der Waals surface area (Å²) in [6.45, 7) is -2.71. The molecule has 2 aromatic carbocycles. The quantitative estimate of drug-likeness (QED) is 0.655. The van der Waals surface area contributed by atoms with Crippen LogP contribution in [0.3, 0.4) is 0 Å². The Bertz CT molecular complexity index is 963. The van der Waals surface area contributed by atoms with E-state index < -0.39 is 6.55 Å². The van der Waals surface area contributed by atoms with Crippen molar-refractivity contribution in [2.45, 2.75) is 6.55 Å². The fourth-order valence-electron chi connectivity index (χ4n) is 2.53. The summed E-state index contributed by atoms with van der Waals surface area (Å²) in [5.74, 6) is 0.369. The second-order valence-electron chi connectivity index (χ2n) is 5.35. The van der Waals surface area contributed by atoms with Gasteiger partial charge in [-0.1, -0.05) is 12.1 Å². The van der Waals surface area contributed by atoms with E-state index in [-0.39, 0.29) is 23.2 Å². The Labute approximate surface area is 152 Å². The molecule has 5 nitrogen and oxygen atoms in total. The number of nitriles is 1. The number of nitrogens with one attached hydrogen (secondary N) is 1. The fraction of sp³-hybridized carbons (Fsp3) is 0.167. The van der Waals surface area contributed by atoms with Crippen LogP contribution in [0.25, 0.3) is 22.4 Å². The molecule has 0 fully saturated rings. The first kappa shape index (κ1) is 17.9. The lowest BCUT2D eigenvalue weighted by atomic mass is 10.2. The second-order valence-corrected chi connectivity index (χ2v) is 6.33. The highest BCUT2D eigenvalue weighted by Gasteiger charge is 2.18. The minimum atomic E-state index is -2.71. The molecule has 0 saturated carbocycles. The van der Waals surface area contributed by atoms with Crippen molar-refractivity contribution in [3.63, 3.8) is 0 Å². The average molecular weight is 372 g/mol. The number of para-hydroxylation sites is 2. The molecule has 0 aliphatic rings. The SMILES string of the molecule is N#CCSCC(=O)Nc1ccc(-c2nc3ccccc3n2C(F)F)cc1. The Hall–Kier alpha value is -2.92. The molecule has 1 heterocycles. The molecule has 0 atom stereocenters. The minimum absolute atomic E-state index is 0.170. The Morgan fingerprint density at radius 2 is 1.96 bits per heavy atom. The maximum absolute atomic E-state index is 13.5. The first-order valence-electron chi connectivity index (χ1n) is 7.70. The number of hydrogen-bond donors (Lipinski definition) is 1. The first-order chi connectivity index (χ1) is 12.6. The van der Waals surface area contributed by atoms with Gasteiger partial charge in [-0.05, 0) is 36.4 Å². The third-order valence-electron chi connectivity index (χ3n) is 3.62. The Balaban J connectivity index is 1.83. The number of amides is 1. The summed E-state index contributed by atoms with van der Waals surface area (Å²) in [6.07, 6.45) is 0. The number of halogens is 2. The van der Waals surface area contributed by atoms with E-state index in [0.29, 0.717) is 22.3 Å². The van der Waals surface area contributed by atoms with Crippen LogP contribution in [0.15, 0.2) is 48.5 Å². The third kappa shape index (κ3) is 3.83. The number of benzene rings is 2. The highest BCUT2D eigenvalue weighted by atomic mass is 32.2. The van der Waals surface area contributed by atoms with Gasteiger partial charge in [-0.15, -0.1) is 11.8 Å². The molecule has 0 aliphatic heterocycles. The van der Waals surface area contributed by atoms with E-state index >= 15 is 0 Å². The lowest BCUT2D eigenvalue weighted by molar-refractivity contribution is -0.113. The molecule has 0 unspecified atom stereocenters. The van der Waals surface area contributed by atoms with Gasteiger partial charge in [0.25, 0.3) is 0 Å². The van der Waals surface area contributed by atoms with Gasteiger partial charge in [0.1, 0.15) is 5.82 Å². The summed E-state index contributed by atoms with van der Waals surface area (Å²) in [6, 6.07) is 15.2. The van der Waals surface area contributed by atoms with Crippen molar-refractivity contribution >= 4 is 34.4 Å². The van der Waals surface area contributed by atoms with Crippen molar-refractivity contribution in [2.24, 2.45) is 0 Å². The molecular weight excluding hydrogens is 358 g/mol. The first-order valence-corrected chi connectivity index (χ1v) is 8.85. The maximum Gasteiger partial charge on any atom is 0.320 e. The van der Waals surface area contributed by atoms with Crippen molar-refractivity contribution in [1.82, 2.24) is 9.55 Å². The van der Waals surface area contributed by atoms with Crippen LogP contribution < -0.4 is 5.32 Å². The molecule has 3 aromatic rings. The number of fused-ring (bicyclic) bond motifs is 1. The normalized spacial score (nSPS) is 10.8. The zero-order valence-electron chi connectivity index (χ0n) is 13.5. The van der Waals surface area contributed by atoms with Crippen LogP contribution in [0.1, 0.15) is 6.55 Å². The van der Waals surface area contributed by atoms with E-state index in [1.54, 1.807) is 48.5 Å². The number of rotatable bonds is 6. The van der Waals surface area contributed by atoms with Crippen LogP contribution in [0.2, 0.25) is 0 Å².